The summed E-state index contributed by atoms with van der Waals surface area (Å²) in [4.78, 5) is 12.7. The highest BCUT2D eigenvalue weighted by molar-refractivity contribution is 7.92. The molecule has 0 fully saturated rings. The summed E-state index contributed by atoms with van der Waals surface area (Å²) in [6.45, 7) is 4.18. The number of carbonyl (C=O) groups is 1. The van der Waals surface area contributed by atoms with Crippen LogP contribution in [0.1, 0.15) is 30.9 Å². The molecular weight excluding hydrogens is 396 g/mol. The molecule has 0 spiro atoms. The van der Waals surface area contributed by atoms with Crippen molar-refractivity contribution < 1.29 is 13.2 Å². The Bertz CT molecular complexity index is 898. The van der Waals surface area contributed by atoms with E-state index in [1.807, 2.05) is 44.2 Å². The molecule has 0 bridgehead atoms. The van der Waals surface area contributed by atoms with Gasteiger partial charge in [0.05, 0.1) is 11.9 Å². The van der Waals surface area contributed by atoms with Crippen LogP contribution in [0.5, 0.6) is 0 Å². The van der Waals surface area contributed by atoms with Crippen molar-refractivity contribution in [2.45, 2.75) is 39.2 Å². The molecule has 2 aromatic carbocycles. The predicted octanol–water partition coefficient (Wildman–Crippen LogP) is 3.94. The third-order valence-corrected chi connectivity index (χ3v) is 5.87. The monoisotopic (exact) mass is 422 g/mol. The first-order valence-corrected chi connectivity index (χ1v) is 11.5. The molecule has 2 rings (SSSR count). The minimum Gasteiger partial charge on any atom is -0.354 e. The first kappa shape index (κ1) is 22.2. The molecule has 0 saturated carbocycles. The zero-order chi connectivity index (χ0) is 20.7. The maximum Gasteiger partial charge on any atom is 0.243 e. The number of halogens is 1. The number of hydrogen-bond donors (Lipinski definition) is 1. The molecule has 0 heterocycles. The maximum atomic E-state index is 12.7. The Labute approximate surface area is 172 Å². The molecule has 1 amide bonds. The lowest BCUT2D eigenvalue weighted by atomic mass is 10.1. The second-order valence-corrected chi connectivity index (χ2v) is 9.14. The van der Waals surface area contributed by atoms with Crippen LogP contribution in [0.3, 0.4) is 0 Å². The molecule has 1 unspecified atom stereocenters. The quantitative estimate of drug-likeness (QED) is 0.622. The molecule has 5 nitrogen and oxygen atoms in total. The van der Waals surface area contributed by atoms with E-state index in [1.54, 1.807) is 18.2 Å². The van der Waals surface area contributed by atoms with Gasteiger partial charge in [-0.25, -0.2) is 8.42 Å². The average Bonchev–Trinajstić information content (AvgIpc) is 2.63. The molecule has 7 heteroatoms. The molecule has 1 N–H and O–H groups in total. The first-order chi connectivity index (χ1) is 13.2. The molecule has 0 saturated heterocycles. The van der Waals surface area contributed by atoms with Crippen molar-refractivity contribution in [3.8, 4) is 0 Å². The Hall–Kier alpha value is -2.05. The third kappa shape index (κ3) is 6.24. The Kier molecular flexibility index (Phi) is 7.89. The number of nitrogens with one attached hydrogen (secondary N) is 1. The van der Waals surface area contributed by atoms with Crippen molar-refractivity contribution in [1.82, 2.24) is 5.32 Å². The Morgan fingerprint density at radius 2 is 1.86 bits per heavy atom. The van der Waals surface area contributed by atoms with Gasteiger partial charge < -0.3 is 5.32 Å². The lowest BCUT2D eigenvalue weighted by Crippen LogP contribution is -2.49. The van der Waals surface area contributed by atoms with E-state index >= 15 is 0 Å². The van der Waals surface area contributed by atoms with Crippen LogP contribution in [0.25, 0.3) is 0 Å². The Morgan fingerprint density at radius 3 is 2.43 bits per heavy atom. The topological polar surface area (TPSA) is 66.5 Å². The molecule has 28 heavy (non-hydrogen) atoms. The van der Waals surface area contributed by atoms with Crippen LogP contribution in [0, 0.1) is 6.92 Å². The lowest BCUT2D eigenvalue weighted by molar-refractivity contribution is -0.122. The van der Waals surface area contributed by atoms with Crippen LogP contribution in [-0.2, 0) is 21.2 Å². The summed E-state index contributed by atoms with van der Waals surface area (Å²) < 4.78 is 26.1. The molecule has 152 valence electrons. The Morgan fingerprint density at radius 1 is 1.18 bits per heavy atom. The molecule has 1 atom stereocenters. The second-order valence-electron chi connectivity index (χ2n) is 6.84. The number of anilines is 1. The molecule has 0 aromatic heterocycles. The standard InChI is InChI=1S/C21H27ClN2O3S/c1-4-20(24(28(3,26)27)19-9-5-7-16(2)15-19)21(25)23-14-6-8-17-10-12-18(22)13-11-17/h5,7,9-13,15,20H,4,6,8,14H2,1-3H3,(H,23,25). The van der Waals surface area contributed by atoms with Crippen LogP contribution in [0.15, 0.2) is 48.5 Å². The highest BCUT2D eigenvalue weighted by Gasteiger charge is 2.31. The van der Waals surface area contributed by atoms with Crippen LogP contribution in [0.2, 0.25) is 5.02 Å². The van der Waals surface area contributed by atoms with E-state index in [1.165, 1.54) is 4.31 Å². The molecule has 0 aliphatic heterocycles. The minimum absolute atomic E-state index is 0.287. The van der Waals surface area contributed by atoms with Crippen LogP contribution < -0.4 is 9.62 Å². The van der Waals surface area contributed by atoms with Gasteiger partial charge in [-0.3, -0.25) is 9.10 Å². The van der Waals surface area contributed by atoms with E-state index in [0.717, 1.165) is 30.2 Å². The van der Waals surface area contributed by atoms with E-state index in [-0.39, 0.29) is 5.91 Å². The van der Waals surface area contributed by atoms with Gasteiger partial charge in [-0.15, -0.1) is 0 Å². The zero-order valence-corrected chi connectivity index (χ0v) is 18.1. The third-order valence-electron chi connectivity index (χ3n) is 4.44. The van der Waals surface area contributed by atoms with Crippen molar-refractivity contribution in [3.05, 3.63) is 64.7 Å². The summed E-state index contributed by atoms with van der Waals surface area (Å²) in [5, 5.41) is 3.58. The van der Waals surface area contributed by atoms with E-state index in [2.05, 4.69) is 5.32 Å². The van der Waals surface area contributed by atoms with E-state index in [9.17, 15) is 13.2 Å². The normalized spacial score (nSPS) is 12.4. The van der Waals surface area contributed by atoms with Gasteiger partial charge in [0.2, 0.25) is 15.9 Å². The van der Waals surface area contributed by atoms with Crippen LogP contribution in [-0.4, -0.2) is 33.2 Å². The van der Waals surface area contributed by atoms with Crippen molar-refractivity contribution in [3.63, 3.8) is 0 Å². The predicted molar refractivity (Wildman–Crippen MR) is 115 cm³/mol. The molecule has 0 aliphatic rings. The number of carbonyl (C=O) groups excluding carboxylic acids is 1. The van der Waals surface area contributed by atoms with Crippen LogP contribution in [0.4, 0.5) is 5.69 Å². The number of hydrogen-bond acceptors (Lipinski definition) is 3. The van der Waals surface area contributed by atoms with Gasteiger partial charge in [0, 0.05) is 11.6 Å². The smallest absolute Gasteiger partial charge is 0.243 e. The molecular formula is C21H27ClN2O3S. The largest absolute Gasteiger partial charge is 0.354 e. The number of aryl methyl sites for hydroxylation is 2. The summed E-state index contributed by atoms with van der Waals surface area (Å²) in [6, 6.07) is 14.0. The number of sulfonamides is 1. The SMILES string of the molecule is CCC(C(=O)NCCCc1ccc(Cl)cc1)N(c1cccc(C)c1)S(C)(=O)=O. The van der Waals surface area contributed by atoms with Gasteiger partial charge in [0.25, 0.3) is 0 Å². The average molecular weight is 423 g/mol. The zero-order valence-electron chi connectivity index (χ0n) is 16.5. The number of benzene rings is 2. The van der Waals surface area contributed by atoms with Gasteiger partial charge in [-0.05, 0) is 61.6 Å². The molecule has 0 radical (unpaired) electrons. The summed E-state index contributed by atoms with van der Waals surface area (Å²) in [6.07, 6.45) is 3.07. The Balaban J connectivity index is 2.04. The summed E-state index contributed by atoms with van der Waals surface area (Å²) in [7, 11) is -3.61. The van der Waals surface area contributed by atoms with E-state index < -0.39 is 16.1 Å². The minimum atomic E-state index is -3.61. The van der Waals surface area contributed by atoms with Gasteiger partial charge >= 0.3 is 0 Å². The number of rotatable bonds is 9. The van der Waals surface area contributed by atoms with Crippen molar-refractivity contribution in [1.29, 1.82) is 0 Å². The molecule has 2 aromatic rings. The highest BCUT2D eigenvalue weighted by atomic mass is 35.5. The fraction of sp³-hybridized carbons (Fsp3) is 0.381. The van der Waals surface area contributed by atoms with Crippen molar-refractivity contribution in [2.75, 3.05) is 17.1 Å². The molecule has 0 aliphatic carbocycles. The van der Waals surface area contributed by atoms with Gasteiger partial charge in [0.15, 0.2) is 0 Å². The second kappa shape index (κ2) is 9.94. The summed E-state index contributed by atoms with van der Waals surface area (Å²) >= 11 is 5.88. The first-order valence-electron chi connectivity index (χ1n) is 9.30. The van der Waals surface area contributed by atoms with Crippen molar-refractivity contribution >= 4 is 33.2 Å². The van der Waals surface area contributed by atoms with E-state index in [4.69, 9.17) is 11.6 Å². The fourth-order valence-electron chi connectivity index (χ4n) is 3.10. The van der Waals surface area contributed by atoms with Crippen molar-refractivity contribution in [2.24, 2.45) is 0 Å². The van der Waals surface area contributed by atoms with Gasteiger partial charge in [0.1, 0.15) is 6.04 Å². The van der Waals surface area contributed by atoms with Gasteiger partial charge in [-0.1, -0.05) is 42.8 Å². The van der Waals surface area contributed by atoms with Crippen LogP contribution >= 0.6 is 11.6 Å². The highest BCUT2D eigenvalue weighted by Crippen LogP contribution is 2.23. The number of amides is 1. The summed E-state index contributed by atoms with van der Waals surface area (Å²) in [5.74, 6) is -0.287. The van der Waals surface area contributed by atoms with E-state index in [0.29, 0.717) is 23.7 Å². The summed E-state index contributed by atoms with van der Waals surface area (Å²) in [5.41, 5.74) is 2.58. The van der Waals surface area contributed by atoms with Gasteiger partial charge in [-0.2, -0.15) is 0 Å². The fourth-order valence-corrected chi connectivity index (χ4v) is 4.43. The lowest BCUT2D eigenvalue weighted by Gasteiger charge is -2.30. The number of nitrogens with zero attached hydrogens (tertiary/aromatic N) is 1. The maximum absolute atomic E-state index is 12.7.